The molecule has 246 valence electrons. The molecule has 0 saturated heterocycles. The quantitative estimate of drug-likeness (QED) is 0.175. The first-order chi connectivity index (χ1) is 22.3. The van der Waals surface area contributed by atoms with Gasteiger partial charge in [-0.3, -0.25) is 19.1 Å². The Labute approximate surface area is 261 Å². The molecule has 5 aromatic rings. The van der Waals surface area contributed by atoms with Crippen LogP contribution in [0, 0.1) is 12.7 Å². The highest BCUT2D eigenvalue weighted by molar-refractivity contribution is 6.04. The van der Waals surface area contributed by atoms with Gasteiger partial charge in [0.1, 0.15) is 16.8 Å². The van der Waals surface area contributed by atoms with Gasteiger partial charge in [-0.05, 0) is 36.8 Å². The van der Waals surface area contributed by atoms with E-state index in [-0.39, 0.29) is 40.1 Å². The number of nitrogens with one attached hydrogen (secondary N) is 1. The summed E-state index contributed by atoms with van der Waals surface area (Å²) in [6.45, 7) is -2.01. The number of carbonyl (C=O) groups excluding carboxylic acids is 1. The molecule has 17 heteroatoms. The van der Waals surface area contributed by atoms with E-state index in [9.17, 15) is 31.5 Å². The number of benzene rings is 1. The largest absolute Gasteiger partial charge is 0.491 e. The van der Waals surface area contributed by atoms with E-state index in [2.05, 4.69) is 25.0 Å². The van der Waals surface area contributed by atoms with Gasteiger partial charge < -0.3 is 24.3 Å². The van der Waals surface area contributed by atoms with E-state index in [1.54, 1.807) is 6.07 Å². The van der Waals surface area contributed by atoms with Crippen LogP contribution in [-0.4, -0.2) is 46.3 Å². The van der Waals surface area contributed by atoms with Crippen LogP contribution in [0.15, 0.2) is 65.7 Å². The molecule has 1 N–H and O–H groups in total. The Hall–Kier alpha value is -5.87. The van der Waals surface area contributed by atoms with Gasteiger partial charge in [-0.1, -0.05) is 0 Å². The maximum atomic E-state index is 15.1. The number of ether oxygens (including phenoxy) is 4. The van der Waals surface area contributed by atoms with Crippen molar-refractivity contribution in [2.24, 2.45) is 0 Å². The fraction of sp³-hybridized carbons (Fsp3) is 0.167. The second-order valence-electron chi connectivity index (χ2n) is 9.54. The summed E-state index contributed by atoms with van der Waals surface area (Å²) in [5.74, 6) is -2.46. The summed E-state index contributed by atoms with van der Waals surface area (Å²) in [5, 5.41) is 2.27. The van der Waals surface area contributed by atoms with E-state index in [0.29, 0.717) is 23.4 Å². The minimum Gasteiger partial charge on any atom is -0.491 e. The molecule has 0 atom stereocenters. The fourth-order valence-corrected chi connectivity index (χ4v) is 4.45. The van der Waals surface area contributed by atoms with Crippen LogP contribution in [0.4, 0.5) is 32.0 Å². The maximum absolute atomic E-state index is 15.1. The summed E-state index contributed by atoms with van der Waals surface area (Å²) in [7, 11) is 2.80. The summed E-state index contributed by atoms with van der Waals surface area (Å²) in [4.78, 5) is 38.4. The normalized spacial score (nSPS) is 11.4. The van der Waals surface area contributed by atoms with Gasteiger partial charge >= 0.3 is 12.8 Å². The number of fused-ring (bicyclic) bond motifs is 1. The van der Waals surface area contributed by atoms with Crippen LogP contribution >= 0.6 is 0 Å². The predicted molar refractivity (Wildman–Crippen MR) is 155 cm³/mol. The van der Waals surface area contributed by atoms with Crippen molar-refractivity contribution in [3.8, 4) is 34.7 Å². The van der Waals surface area contributed by atoms with Crippen molar-refractivity contribution >= 4 is 22.6 Å². The van der Waals surface area contributed by atoms with Crippen molar-refractivity contribution in [3.05, 3.63) is 93.9 Å². The number of rotatable bonds is 9. The number of aromatic nitrogens is 4. The highest BCUT2D eigenvalue weighted by Gasteiger charge is 2.36. The monoisotopic (exact) mass is 663 g/mol. The van der Waals surface area contributed by atoms with Crippen molar-refractivity contribution in [1.29, 1.82) is 0 Å². The van der Waals surface area contributed by atoms with Crippen molar-refractivity contribution in [2.75, 3.05) is 19.5 Å². The molecular formula is C30H23F6N5O6. The van der Waals surface area contributed by atoms with Gasteiger partial charge in [-0.2, -0.15) is 22.0 Å². The summed E-state index contributed by atoms with van der Waals surface area (Å²) in [5.41, 5.74) is -3.74. The number of aryl methyl sites for hydroxylation is 1. The molecule has 0 spiro atoms. The maximum Gasteiger partial charge on any atom is 0.431 e. The van der Waals surface area contributed by atoms with Crippen molar-refractivity contribution < 1.29 is 51.5 Å². The van der Waals surface area contributed by atoms with Gasteiger partial charge in [-0.15, -0.1) is 0 Å². The number of amides is 1. The number of hydrogen-bond acceptors (Lipinski definition) is 9. The van der Waals surface area contributed by atoms with E-state index in [0.717, 1.165) is 18.3 Å². The molecule has 0 unspecified atom stereocenters. The Kier molecular flexibility index (Phi) is 8.90. The lowest BCUT2D eigenvalue weighted by atomic mass is 10.1. The lowest BCUT2D eigenvalue weighted by Crippen LogP contribution is -2.33. The molecule has 0 bridgehead atoms. The van der Waals surface area contributed by atoms with Crippen LogP contribution in [0.3, 0.4) is 0 Å². The Morgan fingerprint density at radius 3 is 2.38 bits per heavy atom. The number of carbonyl (C=O) groups is 1. The minimum absolute atomic E-state index is 0. The third kappa shape index (κ3) is 6.73. The SMILES string of the molecule is COc1cc2nccc(Oc3ccc(NC(=O)c4ccc(C(F)(F)F)n(-c5cnc(OC(F)F)cc5C)c4=O)cc3F)c2nc1OC.[HH]. The molecule has 4 heterocycles. The average molecular weight is 664 g/mol. The Bertz CT molecular complexity index is 2060. The summed E-state index contributed by atoms with van der Waals surface area (Å²) < 4.78 is 102. The number of methoxy groups -OCH3 is 2. The molecule has 0 saturated carbocycles. The molecule has 0 aliphatic rings. The molecule has 1 aromatic carbocycles. The van der Waals surface area contributed by atoms with Gasteiger partial charge in [-0.25, -0.2) is 14.4 Å². The Morgan fingerprint density at radius 1 is 0.979 bits per heavy atom. The molecule has 5 rings (SSSR count). The summed E-state index contributed by atoms with van der Waals surface area (Å²) in [6, 6.07) is 8.31. The zero-order valence-corrected chi connectivity index (χ0v) is 24.4. The fourth-order valence-electron chi connectivity index (χ4n) is 4.45. The summed E-state index contributed by atoms with van der Waals surface area (Å²) >= 11 is 0. The molecule has 4 aromatic heterocycles. The highest BCUT2D eigenvalue weighted by Crippen LogP contribution is 2.35. The zero-order valence-electron chi connectivity index (χ0n) is 24.4. The molecule has 0 aliphatic carbocycles. The van der Waals surface area contributed by atoms with Gasteiger partial charge in [0.15, 0.2) is 23.1 Å². The smallest absolute Gasteiger partial charge is 0.431 e. The van der Waals surface area contributed by atoms with Crippen molar-refractivity contribution in [3.63, 3.8) is 0 Å². The summed E-state index contributed by atoms with van der Waals surface area (Å²) in [6.07, 6.45) is -2.93. The number of halogens is 6. The first-order valence-corrected chi connectivity index (χ1v) is 13.2. The lowest BCUT2D eigenvalue weighted by Gasteiger charge is -2.18. The van der Waals surface area contributed by atoms with Gasteiger partial charge in [0.2, 0.25) is 5.88 Å². The van der Waals surface area contributed by atoms with E-state index in [4.69, 9.17) is 14.2 Å². The minimum atomic E-state index is -5.06. The topological polar surface area (TPSA) is 127 Å². The third-order valence-corrected chi connectivity index (χ3v) is 6.56. The van der Waals surface area contributed by atoms with Crippen LogP contribution < -0.4 is 29.8 Å². The van der Waals surface area contributed by atoms with Crippen LogP contribution in [0.2, 0.25) is 0 Å². The number of pyridine rings is 4. The van der Waals surface area contributed by atoms with E-state index >= 15 is 4.39 Å². The lowest BCUT2D eigenvalue weighted by molar-refractivity contribution is -0.142. The number of alkyl halides is 5. The molecule has 0 radical (unpaired) electrons. The predicted octanol–water partition coefficient (Wildman–Crippen LogP) is 6.55. The molecule has 1 amide bonds. The standard InChI is InChI=1S/C30H21F6N5O6.H2/c1-14-10-24(47-29(32)33)38-13-19(14)41-23(30(34,35)36)7-5-16(28(41)43)26(42)39-15-4-6-20(17(31)11-15)46-21-8-9-37-18-12-22(44-2)27(45-3)40-25(18)21;/h4-13,29H,1-3H3,(H,39,42);1H. The van der Waals surface area contributed by atoms with Crippen LogP contribution in [0.5, 0.6) is 29.0 Å². The van der Waals surface area contributed by atoms with Crippen LogP contribution in [0.25, 0.3) is 16.7 Å². The second-order valence-corrected chi connectivity index (χ2v) is 9.54. The Morgan fingerprint density at radius 2 is 1.74 bits per heavy atom. The van der Waals surface area contributed by atoms with Gasteiger partial charge in [0.05, 0.1) is 31.6 Å². The number of nitrogens with zero attached hydrogens (tertiary/aromatic N) is 4. The first kappa shape index (κ1) is 32.5. The molecule has 0 aliphatic heterocycles. The first-order valence-electron chi connectivity index (χ1n) is 13.2. The molecule has 47 heavy (non-hydrogen) atoms. The molecule has 0 fully saturated rings. The second kappa shape index (κ2) is 12.9. The van der Waals surface area contributed by atoms with Crippen molar-refractivity contribution in [1.82, 2.24) is 19.5 Å². The zero-order chi connectivity index (χ0) is 34.0. The molecule has 11 nitrogen and oxygen atoms in total. The van der Waals surface area contributed by atoms with Crippen LogP contribution in [0.1, 0.15) is 23.0 Å². The van der Waals surface area contributed by atoms with E-state index in [1.807, 2.05) is 0 Å². The van der Waals surface area contributed by atoms with E-state index in [1.165, 1.54) is 45.5 Å². The van der Waals surface area contributed by atoms with Gasteiger partial charge in [0, 0.05) is 37.6 Å². The highest BCUT2D eigenvalue weighted by atomic mass is 19.4. The average Bonchev–Trinajstić information content (AvgIpc) is 3.01. The van der Waals surface area contributed by atoms with Gasteiger partial charge in [0.25, 0.3) is 17.3 Å². The van der Waals surface area contributed by atoms with E-state index < -0.39 is 52.9 Å². The molecular weight excluding hydrogens is 640 g/mol. The van der Waals surface area contributed by atoms with Crippen molar-refractivity contribution in [2.45, 2.75) is 19.7 Å². The van der Waals surface area contributed by atoms with Crippen LogP contribution in [-0.2, 0) is 6.18 Å². The Balaban J connectivity index is 0.00000520. The third-order valence-electron chi connectivity index (χ3n) is 6.56. The number of hydrogen-bond donors (Lipinski definition) is 1. The number of anilines is 1.